The molecule has 27 heavy (non-hydrogen) atoms. The molecule has 0 unspecified atom stereocenters. The van der Waals surface area contributed by atoms with Crippen LogP contribution >= 0.6 is 12.4 Å². The fourth-order valence-corrected chi connectivity index (χ4v) is 4.94. The Morgan fingerprint density at radius 1 is 1.22 bits per heavy atom. The Hall–Kier alpha value is -1.55. The molecule has 2 heterocycles. The van der Waals surface area contributed by atoms with Crippen molar-refractivity contribution in [2.45, 2.75) is 30.7 Å². The van der Waals surface area contributed by atoms with Gasteiger partial charge in [-0.3, -0.25) is 9.69 Å². The molecule has 0 bridgehead atoms. The van der Waals surface area contributed by atoms with Crippen LogP contribution in [0.4, 0.5) is 0 Å². The smallest absolute Gasteiger partial charge is 0.317 e. The number of nitrogens with zero attached hydrogens (tertiary/aromatic N) is 2. The van der Waals surface area contributed by atoms with Crippen LogP contribution in [0.25, 0.3) is 0 Å². The Morgan fingerprint density at radius 3 is 2.44 bits per heavy atom. The molecule has 0 amide bonds. The largest absolute Gasteiger partial charge is 0.486 e. The number of hydrogen-bond acceptors (Lipinski definition) is 6. The number of carbonyl (C=O) groups is 1. The van der Waals surface area contributed by atoms with E-state index in [1.54, 1.807) is 6.07 Å². The van der Waals surface area contributed by atoms with Crippen molar-refractivity contribution in [1.82, 2.24) is 9.21 Å². The van der Waals surface area contributed by atoms with E-state index >= 15 is 0 Å². The number of ether oxygens (including phenoxy) is 2. The molecule has 1 N–H and O–H groups in total. The third-order valence-electron chi connectivity index (χ3n) is 4.84. The molecule has 1 fully saturated rings. The maximum absolute atomic E-state index is 12.9. The number of rotatable bonds is 6. The molecule has 0 aliphatic carbocycles. The molecule has 0 aromatic heterocycles. The van der Waals surface area contributed by atoms with Gasteiger partial charge in [0.2, 0.25) is 10.0 Å². The molecule has 2 aliphatic rings. The van der Waals surface area contributed by atoms with Gasteiger partial charge in [-0.25, -0.2) is 8.42 Å². The summed E-state index contributed by atoms with van der Waals surface area (Å²) in [7, 11) is -3.61. The number of benzene rings is 1. The van der Waals surface area contributed by atoms with E-state index < -0.39 is 16.0 Å². The van der Waals surface area contributed by atoms with Crippen LogP contribution in [0.15, 0.2) is 23.1 Å². The van der Waals surface area contributed by atoms with Crippen molar-refractivity contribution < 1.29 is 27.8 Å². The molecular formula is C17H25ClN2O6S. The van der Waals surface area contributed by atoms with Crippen molar-refractivity contribution in [3.63, 3.8) is 0 Å². The lowest BCUT2D eigenvalue weighted by molar-refractivity contribution is -0.139. The van der Waals surface area contributed by atoms with Gasteiger partial charge in [-0.2, -0.15) is 4.31 Å². The summed E-state index contributed by atoms with van der Waals surface area (Å²) >= 11 is 0. The summed E-state index contributed by atoms with van der Waals surface area (Å²) < 4.78 is 38.2. The standard InChI is InChI=1S/C17H24N2O6S.ClH/c1-2-18(12-17(20)21)13-5-7-19(8-6-13)26(22,23)14-3-4-15-16(11-14)25-10-9-24-15;/h3-4,11,13H,2,5-10,12H2,1H3,(H,20,21);1H. The zero-order chi connectivity index (χ0) is 18.7. The highest BCUT2D eigenvalue weighted by atomic mass is 35.5. The second-order valence-electron chi connectivity index (χ2n) is 6.40. The topological polar surface area (TPSA) is 96.4 Å². The Kier molecular flexibility index (Phi) is 7.32. The summed E-state index contributed by atoms with van der Waals surface area (Å²) in [5.74, 6) is 0.144. The summed E-state index contributed by atoms with van der Waals surface area (Å²) in [4.78, 5) is 13.0. The van der Waals surface area contributed by atoms with Crippen molar-refractivity contribution >= 4 is 28.4 Å². The highest BCUT2D eigenvalue weighted by molar-refractivity contribution is 7.89. The number of hydrogen-bond donors (Lipinski definition) is 1. The Labute approximate surface area is 165 Å². The molecule has 0 atom stereocenters. The molecule has 0 spiro atoms. The molecule has 152 valence electrons. The van der Waals surface area contributed by atoms with Crippen molar-refractivity contribution in [1.29, 1.82) is 0 Å². The fraction of sp³-hybridized carbons (Fsp3) is 0.588. The predicted octanol–water partition coefficient (Wildman–Crippen LogP) is 1.44. The van der Waals surface area contributed by atoms with E-state index in [1.807, 2.05) is 11.8 Å². The van der Waals surface area contributed by atoms with E-state index in [-0.39, 0.29) is 29.9 Å². The lowest BCUT2D eigenvalue weighted by atomic mass is 10.0. The second-order valence-corrected chi connectivity index (χ2v) is 8.34. The molecule has 10 heteroatoms. The van der Waals surface area contributed by atoms with E-state index in [0.29, 0.717) is 57.2 Å². The van der Waals surface area contributed by atoms with Crippen molar-refractivity contribution in [3.8, 4) is 11.5 Å². The number of carboxylic acid groups (broad SMARTS) is 1. The SMILES string of the molecule is CCN(CC(=O)O)C1CCN(S(=O)(=O)c2ccc3c(c2)OCCO3)CC1.Cl. The Morgan fingerprint density at radius 2 is 1.85 bits per heavy atom. The van der Waals surface area contributed by atoms with Gasteiger partial charge in [-0.15, -0.1) is 12.4 Å². The third-order valence-corrected chi connectivity index (χ3v) is 6.73. The van der Waals surface area contributed by atoms with Gasteiger partial charge in [0.15, 0.2) is 11.5 Å². The summed E-state index contributed by atoms with van der Waals surface area (Å²) in [6, 6.07) is 4.76. The molecule has 2 aliphatic heterocycles. The van der Waals surface area contributed by atoms with Gasteiger partial charge < -0.3 is 14.6 Å². The highest BCUT2D eigenvalue weighted by Crippen LogP contribution is 2.33. The molecule has 1 aromatic carbocycles. The summed E-state index contributed by atoms with van der Waals surface area (Å²) in [6.45, 7) is 4.13. The van der Waals surface area contributed by atoms with Crippen LogP contribution in [-0.2, 0) is 14.8 Å². The van der Waals surface area contributed by atoms with Crippen molar-refractivity contribution in [2.75, 3.05) is 39.4 Å². The number of aliphatic carboxylic acids is 1. The summed E-state index contributed by atoms with van der Waals surface area (Å²) in [5.41, 5.74) is 0. The van der Waals surface area contributed by atoms with Gasteiger partial charge in [-0.05, 0) is 31.5 Å². The number of piperidine rings is 1. The van der Waals surface area contributed by atoms with Crippen molar-refractivity contribution in [2.24, 2.45) is 0 Å². The number of fused-ring (bicyclic) bond motifs is 1. The molecule has 0 saturated carbocycles. The number of sulfonamides is 1. The number of carboxylic acids is 1. The lowest BCUT2D eigenvalue weighted by Crippen LogP contribution is -2.48. The van der Waals surface area contributed by atoms with Gasteiger partial charge in [0, 0.05) is 25.2 Å². The second kappa shape index (κ2) is 9.09. The maximum Gasteiger partial charge on any atom is 0.317 e. The van der Waals surface area contributed by atoms with Crippen LogP contribution in [0.5, 0.6) is 11.5 Å². The predicted molar refractivity (Wildman–Crippen MR) is 101 cm³/mol. The van der Waals surface area contributed by atoms with E-state index in [2.05, 4.69) is 0 Å². The van der Waals surface area contributed by atoms with Gasteiger partial charge >= 0.3 is 5.97 Å². The quantitative estimate of drug-likeness (QED) is 0.743. The first-order valence-corrected chi connectivity index (χ1v) is 10.2. The average molecular weight is 421 g/mol. The van der Waals surface area contributed by atoms with Crippen molar-refractivity contribution in [3.05, 3.63) is 18.2 Å². The summed E-state index contributed by atoms with van der Waals surface area (Å²) in [5, 5.41) is 9.00. The first-order valence-electron chi connectivity index (χ1n) is 8.77. The highest BCUT2D eigenvalue weighted by Gasteiger charge is 2.32. The molecule has 0 radical (unpaired) electrons. The normalized spacial score (nSPS) is 18.1. The van der Waals surface area contributed by atoms with Crippen LogP contribution in [-0.4, -0.2) is 74.1 Å². The van der Waals surface area contributed by atoms with Crippen LogP contribution in [0.1, 0.15) is 19.8 Å². The van der Waals surface area contributed by atoms with Gasteiger partial charge in [0.05, 0.1) is 11.4 Å². The number of likely N-dealkylation sites (N-methyl/N-ethyl adjacent to an activating group) is 1. The van der Waals surface area contributed by atoms with E-state index in [0.717, 1.165) is 0 Å². The first-order chi connectivity index (χ1) is 12.4. The van der Waals surface area contributed by atoms with Crippen LogP contribution in [0.3, 0.4) is 0 Å². The third kappa shape index (κ3) is 4.84. The fourth-order valence-electron chi connectivity index (χ4n) is 3.45. The minimum atomic E-state index is -3.61. The first kappa shape index (κ1) is 21.7. The zero-order valence-electron chi connectivity index (χ0n) is 15.2. The number of halogens is 1. The van der Waals surface area contributed by atoms with E-state index in [1.165, 1.54) is 16.4 Å². The van der Waals surface area contributed by atoms with E-state index in [4.69, 9.17) is 14.6 Å². The molecule has 1 saturated heterocycles. The molecule has 1 aromatic rings. The monoisotopic (exact) mass is 420 g/mol. The minimum Gasteiger partial charge on any atom is -0.486 e. The Balaban J connectivity index is 0.00000261. The van der Waals surface area contributed by atoms with Gasteiger partial charge in [0.25, 0.3) is 0 Å². The molecular weight excluding hydrogens is 396 g/mol. The van der Waals surface area contributed by atoms with Gasteiger partial charge in [-0.1, -0.05) is 6.92 Å². The van der Waals surface area contributed by atoms with Crippen LogP contribution in [0, 0.1) is 0 Å². The molecule has 8 nitrogen and oxygen atoms in total. The summed E-state index contributed by atoms with van der Waals surface area (Å²) in [6.07, 6.45) is 1.23. The van der Waals surface area contributed by atoms with E-state index in [9.17, 15) is 13.2 Å². The van der Waals surface area contributed by atoms with Gasteiger partial charge in [0.1, 0.15) is 13.2 Å². The van der Waals surface area contributed by atoms with Crippen LogP contribution in [0.2, 0.25) is 0 Å². The average Bonchev–Trinajstić information content (AvgIpc) is 2.65. The van der Waals surface area contributed by atoms with Crippen LogP contribution < -0.4 is 9.47 Å². The Bertz CT molecular complexity index is 765. The zero-order valence-corrected chi connectivity index (χ0v) is 16.8. The minimum absolute atomic E-state index is 0. The molecule has 3 rings (SSSR count). The maximum atomic E-state index is 12.9. The lowest BCUT2D eigenvalue weighted by Gasteiger charge is -2.36.